The zero-order chi connectivity index (χ0) is 14.8. The lowest BCUT2D eigenvalue weighted by Gasteiger charge is -2.32. The van der Waals surface area contributed by atoms with Gasteiger partial charge in [-0.25, -0.2) is 0 Å². The first kappa shape index (κ1) is 14.2. The molecule has 4 rings (SSSR count). The van der Waals surface area contributed by atoms with Gasteiger partial charge < -0.3 is 9.47 Å². The predicted octanol–water partition coefficient (Wildman–Crippen LogP) is 2.95. The van der Waals surface area contributed by atoms with Gasteiger partial charge in [0.2, 0.25) is 0 Å². The Bertz CT molecular complexity index is 590. The molecule has 4 nitrogen and oxygen atoms in total. The van der Waals surface area contributed by atoms with E-state index in [-0.39, 0.29) is 12.2 Å². The van der Waals surface area contributed by atoms with E-state index < -0.39 is 0 Å². The van der Waals surface area contributed by atoms with E-state index >= 15 is 0 Å². The fourth-order valence-electron chi connectivity index (χ4n) is 3.48. The smallest absolute Gasteiger partial charge is 0.139 e. The minimum absolute atomic E-state index is 0.0921. The van der Waals surface area contributed by atoms with Crippen molar-refractivity contribution in [3.8, 4) is 5.75 Å². The Morgan fingerprint density at radius 1 is 1.36 bits per heavy atom. The molecule has 0 radical (unpaired) electrons. The van der Waals surface area contributed by atoms with Gasteiger partial charge in [-0.3, -0.25) is 9.88 Å². The normalized spacial score (nSPS) is 28.5. The molecular formula is C17H20N2O2S. The molecule has 0 N–H and O–H groups in total. The second-order valence-electron chi connectivity index (χ2n) is 5.90. The highest BCUT2D eigenvalue weighted by atomic mass is 32.1. The van der Waals surface area contributed by atoms with Crippen molar-refractivity contribution in [2.45, 2.75) is 37.6 Å². The fraction of sp³-hybridized carbons (Fsp3) is 0.471. The van der Waals surface area contributed by atoms with Crippen molar-refractivity contribution in [2.75, 3.05) is 13.2 Å². The average Bonchev–Trinajstić information content (AvgIpc) is 3.18. The first-order valence-corrected chi connectivity index (χ1v) is 8.73. The van der Waals surface area contributed by atoms with Crippen LogP contribution in [0.3, 0.4) is 0 Å². The zero-order valence-corrected chi connectivity index (χ0v) is 13.2. The number of thiophene rings is 1. The monoisotopic (exact) mass is 316 g/mol. The molecule has 0 saturated carbocycles. The largest absolute Gasteiger partial charge is 0.485 e. The summed E-state index contributed by atoms with van der Waals surface area (Å²) >= 11 is 1.82. The number of pyridine rings is 1. The van der Waals surface area contributed by atoms with Crippen molar-refractivity contribution in [1.29, 1.82) is 0 Å². The molecule has 0 amide bonds. The Hall–Kier alpha value is -1.43. The Labute approximate surface area is 134 Å². The van der Waals surface area contributed by atoms with Crippen LogP contribution in [-0.4, -0.2) is 41.3 Å². The molecule has 0 unspecified atom stereocenters. The van der Waals surface area contributed by atoms with Crippen LogP contribution >= 0.6 is 11.3 Å². The quantitative estimate of drug-likeness (QED) is 0.868. The summed E-state index contributed by atoms with van der Waals surface area (Å²) in [6.07, 6.45) is 6.15. The van der Waals surface area contributed by atoms with Gasteiger partial charge in [-0.1, -0.05) is 6.07 Å². The van der Waals surface area contributed by atoms with Gasteiger partial charge in [-0.05, 0) is 36.4 Å². The molecule has 22 heavy (non-hydrogen) atoms. The molecule has 0 spiro atoms. The van der Waals surface area contributed by atoms with E-state index in [0.29, 0.717) is 6.04 Å². The lowest BCUT2D eigenvalue weighted by Crippen LogP contribution is -2.42. The molecule has 2 saturated heterocycles. The molecule has 3 atom stereocenters. The molecule has 2 fully saturated rings. The van der Waals surface area contributed by atoms with Crippen LogP contribution < -0.4 is 4.74 Å². The van der Waals surface area contributed by atoms with Crippen molar-refractivity contribution < 1.29 is 9.47 Å². The third kappa shape index (κ3) is 2.89. The van der Waals surface area contributed by atoms with Gasteiger partial charge in [0.1, 0.15) is 18.0 Å². The molecule has 2 aromatic rings. The number of fused-ring (bicyclic) bond motifs is 1. The molecule has 2 aliphatic rings. The highest BCUT2D eigenvalue weighted by Crippen LogP contribution is 2.32. The van der Waals surface area contributed by atoms with Crippen LogP contribution in [0.15, 0.2) is 42.0 Å². The molecule has 2 aliphatic heterocycles. The standard InChI is InChI=1S/C17H20N2O2S/c1-4-13(10-18-7-1)21-16-12-19(11-14-5-3-9-22-14)15-6-2-8-20-17(15)16/h1,3-5,7,9-10,15-17H,2,6,8,11-12H2/t15-,16+,17+/m1/s1. The number of hydrogen-bond donors (Lipinski definition) is 0. The maximum absolute atomic E-state index is 6.17. The molecule has 0 aromatic carbocycles. The van der Waals surface area contributed by atoms with E-state index in [4.69, 9.17) is 9.47 Å². The summed E-state index contributed by atoms with van der Waals surface area (Å²) in [6, 6.07) is 8.67. The van der Waals surface area contributed by atoms with Gasteiger partial charge in [0.25, 0.3) is 0 Å². The van der Waals surface area contributed by atoms with Gasteiger partial charge in [-0.15, -0.1) is 11.3 Å². The SMILES string of the molecule is c1cncc(O[C@H]2CN(Cc3cccs3)[C@@H]3CCCO[C@H]23)c1. The lowest BCUT2D eigenvalue weighted by atomic mass is 10.0. The van der Waals surface area contributed by atoms with Gasteiger partial charge in [0, 0.05) is 36.8 Å². The van der Waals surface area contributed by atoms with Crippen LogP contribution in [-0.2, 0) is 11.3 Å². The zero-order valence-electron chi connectivity index (χ0n) is 12.4. The maximum atomic E-state index is 6.17. The van der Waals surface area contributed by atoms with Crippen molar-refractivity contribution in [2.24, 2.45) is 0 Å². The predicted molar refractivity (Wildman–Crippen MR) is 86.1 cm³/mol. The Morgan fingerprint density at radius 3 is 3.18 bits per heavy atom. The lowest BCUT2D eigenvalue weighted by molar-refractivity contribution is -0.0471. The van der Waals surface area contributed by atoms with Crippen LogP contribution in [0.25, 0.3) is 0 Å². The molecule has 5 heteroatoms. The van der Waals surface area contributed by atoms with Gasteiger partial charge >= 0.3 is 0 Å². The second kappa shape index (κ2) is 6.36. The first-order chi connectivity index (χ1) is 10.9. The third-order valence-corrected chi connectivity index (χ3v) is 5.31. The summed E-state index contributed by atoms with van der Waals surface area (Å²) < 4.78 is 12.2. The van der Waals surface area contributed by atoms with Crippen LogP contribution in [0.5, 0.6) is 5.75 Å². The summed E-state index contributed by atoms with van der Waals surface area (Å²) in [5.41, 5.74) is 0. The molecule has 0 bridgehead atoms. The van der Waals surface area contributed by atoms with E-state index in [1.165, 1.54) is 11.3 Å². The summed E-state index contributed by atoms with van der Waals surface area (Å²) in [7, 11) is 0. The van der Waals surface area contributed by atoms with Gasteiger partial charge in [0.15, 0.2) is 0 Å². The number of ether oxygens (including phenoxy) is 2. The minimum atomic E-state index is 0.0921. The number of likely N-dealkylation sites (tertiary alicyclic amines) is 1. The number of hydrogen-bond acceptors (Lipinski definition) is 5. The van der Waals surface area contributed by atoms with Crippen molar-refractivity contribution in [1.82, 2.24) is 9.88 Å². The Morgan fingerprint density at radius 2 is 2.36 bits per heavy atom. The highest BCUT2D eigenvalue weighted by Gasteiger charge is 2.45. The average molecular weight is 316 g/mol. The maximum Gasteiger partial charge on any atom is 0.139 e. The van der Waals surface area contributed by atoms with Crippen LogP contribution in [0.4, 0.5) is 0 Å². The number of nitrogens with zero attached hydrogens (tertiary/aromatic N) is 2. The van der Waals surface area contributed by atoms with Gasteiger partial charge in [0.05, 0.1) is 6.20 Å². The van der Waals surface area contributed by atoms with E-state index in [9.17, 15) is 0 Å². The summed E-state index contributed by atoms with van der Waals surface area (Å²) in [4.78, 5) is 8.07. The topological polar surface area (TPSA) is 34.6 Å². The minimum Gasteiger partial charge on any atom is -0.485 e. The van der Waals surface area contributed by atoms with E-state index in [2.05, 4.69) is 27.4 Å². The number of rotatable bonds is 4. The van der Waals surface area contributed by atoms with Crippen molar-refractivity contribution in [3.63, 3.8) is 0 Å². The van der Waals surface area contributed by atoms with E-state index in [0.717, 1.165) is 31.9 Å². The molecule has 2 aromatic heterocycles. The van der Waals surface area contributed by atoms with Crippen molar-refractivity contribution in [3.05, 3.63) is 46.9 Å². The molecule has 116 valence electrons. The summed E-state index contributed by atoms with van der Waals surface area (Å²) in [5.74, 6) is 0.832. The number of aromatic nitrogens is 1. The van der Waals surface area contributed by atoms with Gasteiger partial charge in [-0.2, -0.15) is 0 Å². The third-order valence-electron chi connectivity index (χ3n) is 4.44. The first-order valence-electron chi connectivity index (χ1n) is 7.85. The van der Waals surface area contributed by atoms with Crippen molar-refractivity contribution >= 4 is 11.3 Å². The second-order valence-corrected chi connectivity index (χ2v) is 6.93. The van der Waals surface area contributed by atoms with Crippen LogP contribution in [0, 0.1) is 0 Å². The molecule has 0 aliphatic carbocycles. The molecule has 4 heterocycles. The van der Waals surface area contributed by atoms with Crippen LogP contribution in [0.1, 0.15) is 17.7 Å². The Kier molecular flexibility index (Phi) is 4.10. The molecular weight excluding hydrogens is 296 g/mol. The van der Waals surface area contributed by atoms with E-state index in [1.54, 1.807) is 12.4 Å². The van der Waals surface area contributed by atoms with E-state index in [1.807, 2.05) is 23.5 Å². The van der Waals surface area contributed by atoms with Crippen LogP contribution in [0.2, 0.25) is 0 Å². The Balaban J connectivity index is 1.50. The summed E-state index contributed by atoms with van der Waals surface area (Å²) in [6.45, 7) is 2.76. The summed E-state index contributed by atoms with van der Waals surface area (Å²) in [5, 5.41) is 2.14. The fourth-order valence-corrected chi connectivity index (χ4v) is 4.21. The highest BCUT2D eigenvalue weighted by molar-refractivity contribution is 7.09.